The van der Waals surface area contributed by atoms with Crippen LogP contribution in [0.15, 0.2) is 60.7 Å². The first kappa shape index (κ1) is 20.4. The second-order valence-electron chi connectivity index (χ2n) is 9.82. The van der Waals surface area contributed by atoms with Gasteiger partial charge < -0.3 is 4.98 Å². The summed E-state index contributed by atoms with van der Waals surface area (Å²) >= 11 is 0. The Labute approximate surface area is 171 Å². The average molecular weight is 372 g/mol. The van der Waals surface area contributed by atoms with E-state index in [-0.39, 0.29) is 10.8 Å². The van der Waals surface area contributed by atoms with Crippen LogP contribution in [-0.4, -0.2) is 17.2 Å². The van der Waals surface area contributed by atoms with Gasteiger partial charge in [-0.15, -0.1) is 0 Å². The highest BCUT2D eigenvalue weighted by molar-refractivity contribution is 6.51. The van der Waals surface area contributed by atoms with Crippen molar-refractivity contribution in [2.75, 3.05) is 0 Å². The molecule has 0 unspecified atom stereocenters. The van der Waals surface area contributed by atoms with E-state index in [0.29, 0.717) is 5.92 Å². The third kappa shape index (κ3) is 4.76. The predicted molar refractivity (Wildman–Crippen MR) is 122 cm³/mol. The predicted octanol–water partition coefficient (Wildman–Crippen LogP) is 5.32. The van der Waals surface area contributed by atoms with E-state index in [2.05, 4.69) is 107 Å². The maximum absolute atomic E-state index is 5.05. The quantitative estimate of drug-likeness (QED) is 0.604. The van der Waals surface area contributed by atoms with Crippen molar-refractivity contribution in [1.29, 1.82) is 0 Å². The van der Waals surface area contributed by atoms with Crippen LogP contribution in [0.2, 0.25) is 6.32 Å². The first-order valence-electron chi connectivity index (χ1n) is 10.4. The molecule has 146 valence electrons. The van der Waals surface area contributed by atoms with Gasteiger partial charge in [0.05, 0.1) is 11.4 Å². The summed E-state index contributed by atoms with van der Waals surface area (Å²) < 4.78 is 0. The molecule has 0 amide bonds. The van der Waals surface area contributed by atoms with Crippen LogP contribution in [-0.2, 0) is 10.8 Å². The Kier molecular flexibility index (Phi) is 5.83. The van der Waals surface area contributed by atoms with Crippen molar-refractivity contribution in [3.05, 3.63) is 83.2 Å². The molecule has 2 nitrogen and oxygen atoms in total. The maximum Gasteiger partial charge on any atom is 0.205 e. The molecular formula is C25H33BN2. The van der Waals surface area contributed by atoms with Crippen LogP contribution in [0.5, 0.6) is 0 Å². The van der Waals surface area contributed by atoms with Gasteiger partial charge in [-0.3, -0.25) is 0 Å². The van der Waals surface area contributed by atoms with Crippen molar-refractivity contribution in [3.8, 4) is 0 Å². The lowest BCUT2D eigenvalue weighted by molar-refractivity contribution is 0.512. The second kappa shape index (κ2) is 7.99. The highest BCUT2D eigenvalue weighted by atomic mass is 14.9. The van der Waals surface area contributed by atoms with Crippen molar-refractivity contribution >= 4 is 13.0 Å². The number of rotatable bonds is 5. The topological polar surface area (TPSA) is 28.7 Å². The Morgan fingerprint density at radius 2 is 1.29 bits per heavy atom. The number of aromatic nitrogens is 2. The molecule has 0 aliphatic rings. The van der Waals surface area contributed by atoms with Crippen LogP contribution >= 0.6 is 0 Å². The third-order valence-corrected chi connectivity index (χ3v) is 5.29. The fourth-order valence-corrected chi connectivity index (χ4v) is 3.80. The Morgan fingerprint density at radius 3 is 1.68 bits per heavy atom. The molecule has 3 heteroatoms. The molecule has 0 aliphatic heterocycles. The van der Waals surface area contributed by atoms with Gasteiger partial charge in [0.1, 0.15) is 0 Å². The lowest BCUT2D eigenvalue weighted by Crippen LogP contribution is -2.22. The van der Waals surface area contributed by atoms with E-state index in [1.165, 1.54) is 22.5 Å². The summed E-state index contributed by atoms with van der Waals surface area (Å²) in [6.07, 6.45) is 1.04. The maximum atomic E-state index is 5.05. The summed E-state index contributed by atoms with van der Waals surface area (Å²) in [6.45, 7) is 13.5. The molecular weight excluding hydrogens is 339 g/mol. The Morgan fingerprint density at radius 1 is 0.786 bits per heavy atom. The molecule has 3 aromatic rings. The zero-order chi connectivity index (χ0) is 20.4. The van der Waals surface area contributed by atoms with Crippen molar-refractivity contribution in [2.45, 2.75) is 64.6 Å². The van der Waals surface area contributed by atoms with Crippen molar-refractivity contribution < 1.29 is 0 Å². The van der Waals surface area contributed by atoms with E-state index in [1.54, 1.807) is 0 Å². The van der Waals surface area contributed by atoms with Crippen LogP contribution in [0.1, 0.15) is 70.0 Å². The number of hydrogen-bond donors (Lipinski definition) is 1. The fraction of sp³-hybridized carbons (Fsp3) is 0.400. The molecule has 3 rings (SSSR count). The lowest BCUT2D eigenvalue weighted by atomic mass is 9.65. The molecule has 0 radical (unpaired) electrons. The SMILES string of the molecule is CC(C)(C)c1nc(BCC(c2ccccc2)c2ccccc2)[nH]c1C(C)(C)C. The van der Waals surface area contributed by atoms with E-state index in [1.807, 2.05) is 0 Å². The largest absolute Gasteiger partial charge is 0.354 e. The van der Waals surface area contributed by atoms with Gasteiger partial charge in [-0.25, -0.2) is 4.98 Å². The zero-order valence-electron chi connectivity index (χ0n) is 18.2. The van der Waals surface area contributed by atoms with Crippen LogP contribution in [0.3, 0.4) is 0 Å². The molecule has 2 aromatic carbocycles. The molecule has 0 saturated carbocycles. The van der Waals surface area contributed by atoms with Crippen molar-refractivity contribution in [3.63, 3.8) is 0 Å². The standard InChI is InChI=1S/C25H33BN2/c1-24(2,3)21-22(25(4,5)6)28-23(27-21)26-17-20(18-13-9-7-10-14-18)19-15-11-8-12-16-19/h7-16,20,26H,17H2,1-6H3,(H,27,28). The third-order valence-electron chi connectivity index (χ3n) is 5.29. The molecule has 0 spiro atoms. The smallest absolute Gasteiger partial charge is 0.205 e. The highest BCUT2D eigenvalue weighted by Crippen LogP contribution is 2.31. The minimum Gasteiger partial charge on any atom is -0.354 e. The van der Waals surface area contributed by atoms with Crippen LogP contribution in [0.25, 0.3) is 0 Å². The van der Waals surface area contributed by atoms with E-state index < -0.39 is 0 Å². The molecule has 28 heavy (non-hydrogen) atoms. The van der Waals surface area contributed by atoms with Gasteiger partial charge in [-0.2, -0.15) is 0 Å². The van der Waals surface area contributed by atoms with Gasteiger partial charge in [-0.1, -0.05) is 109 Å². The molecule has 1 heterocycles. The minimum atomic E-state index is 0.0373. The summed E-state index contributed by atoms with van der Waals surface area (Å²) in [7, 11) is 0.938. The molecule has 1 N–H and O–H groups in total. The number of imidazole rings is 1. The minimum absolute atomic E-state index is 0.0373. The summed E-state index contributed by atoms with van der Waals surface area (Å²) in [4.78, 5) is 8.73. The number of aromatic amines is 1. The zero-order valence-corrected chi connectivity index (χ0v) is 18.2. The number of H-pyrrole nitrogens is 1. The van der Waals surface area contributed by atoms with E-state index in [0.717, 1.165) is 19.3 Å². The van der Waals surface area contributed by atoms with Gasteiger partial charge in [0, 0.05) is 22.4 Å². The summed E-state index contributed by atoms with van der Waals surface area (Å²) in [5.41, 5.74) is 6.41. The Balaban J connectivity index is 1.89. The first-order chi connectivity index (χ1) is 13.2. The number of hydrogen-bond acceptors (Lipinski definition) is 1. The van der Waals surface area contributed by atoms with Crippen molar-refractivity contribution in [2.24, 2.45) is 0 Å². The van der Waals surface area contributed by atoms with Gasteiger partial charge in [0.2, 0.25) is 7.28 Å². The van der Waals surface area contributed by atoms with E-state index in [4.69, 9.17) is 4.98 Å². The van der Waals surface area contributed by atoms with Crippen LogP contribution in [0.4, 0.5) is 0 Å². The van der Waals surface area contributed by atoms with Gasteiger partial charge >= 0.3 is 0 Å². The summed E-state index contributed by atoms with van der Waals surface area (Å²) in [6, 6.07) is 21.7. The highest BCUT2D eigenvalue weighted by Gasteiger charge is 2.29. The molecule has 0 atom stereocenters. The first-order valence-corrected chi connectivity index (χ1v) is 10.4. The van der Waals surface area contributed by atoms with E-state index >= 15 is 0 Å². The Hall–Kier alpha value is -2.29. The fourth-order valence-electron chi connectivity index (χ4n) is 3.80. The van der Waals surface area contributed by atoms with E-state index in [9.17, 15) is 0 Å². The monoisotopic (exact) mass is 372 g/mol. The van der Waals surface area contributed by atoms with Crippen LogP contribution < -0.4 is 5.72 Å². The average Bonchev–Trinajstić information content (AvgIpc) is 3.09. The molecule has 1 aromatic heterocycles. The number of nitrogens with zero attached hydrogens (tertiary/aromatic N) is 1. The van der Waals surface area contributed by atoms with Crippen LogP contribution in [0, 0.1) is 0 Å². The van der Waals surface area contributed by atoms with Crippen molar-refractivity contribution in [1.82, 2.24) is 9.97 Å². The van der Waals surface area contributed by atoms with Gasteiger partial charge in [-0.05, 0) is 11.1 Å². The molecule has 0 saturated heterocycles. The van der Waals surface area contributed by atoms with Gasteiger partial charge in [0.15, 0.2) is 0 Å². The summed E-state index contributed by atoms with van der Waals surface area (Å²) in [5.74, 6) is 0.378. The number of nitrogens with one attached hydrogen (secondary N) is 1. The summed E-state index contributed by atoms with van der Waals surface area (Å²) in [5, 5.41) is 0. The molecule has 0 fully saturated rings. The second-order valence-corrected chi connectivity index (χ2v) is 9.82. The molecule has 0 bridgehead atoms. The molecule has 0 aliphatic carbocycles. The normalized spacial score (nSPS) is 12.4. The lowest BCUT2D eigenvalue weighted by Gasteiger charge is -2.24. The Bertz CT molecular complexity index is 813. The number of benzene rings is 2. The van der Waals surface area contributed by atoms with Gasteiger partial charge in [0.25, 0.3) is 0 Å².